The van der Waals surface area contributed by atoms with Crippen LogP contribution in [0.5, 0.6) is 0 Å². The molecule has 0 saturated carbocycles. The maximum Gasteiger partial charge on any atom is 0.233 e. The molecule has 2 atom stereocenters. The summed E-state index contributed by atoms with van der Waals surface area (Å²) in [6, 6.07) is 18.7. The van der Waals surface area contributed by atoms with Crippen LogP contribution in [0.2, 0.25) is 5.02 Å². The van der Waals surface area contributed by atoms with Crippen molar-refractivity contribution >= 4 is 35.1 Å². The van der Waals surface area contributed by atoms with Gasteiger partial charge in [0.25, 0.3) is 0 Å². The van der Waals surface area contributed by atoms with Crippen molar-refractivity contribution in [3.8, 4) is 23.3 Å². The zero-order valence-electron chi connectivity index (χ0n) is 18.4. The van der Waals surface area contributed by atoms with E-state index in [1.807, 2.05) is 50.2 Å². The Kier molecular flexibility index (Phi) is 7.60. The number of halogens is 1. The topological polar surface area (TPSA) is 116 Å². The molecule has 0 radical (unpaired) electrons. The Labute approximate surface area is 202 Å². The molecule has 3 aromatic rings. The molecule has 0 fully saturated rings. The van der Waals surface area contributed by atoms with Crippen molar-refractivity contribution in [1.29, 1.82) is 10.5 Å². The molecule has 1 amide bonds. The number of carbonyl (C=O) groups is 1. The minimum absolute atomic E-state index is 0.0247. The summed E-state index contributed by atoms with van der Waals surface area (Å²) < 4.78 is 0. The van der Waals surface area contributed by atoms with E-state index < -0.39 is 5.25 Å². The summed E-state index contributed by atoms with van der Waals surface area (Å²) in [4.78, 5) is 17.1. The van der Waals surface area contributed by atoms with E-state index >= 15 is 0 Å². The lowest BCUT2D eigenvalue weighted by molar-refractivity contribution is -0.120. The van der Waals surface area contributed by atoms with Crippen LogP contribution >= 0.6 is 23.4 Å². The van der Waals surface area contributed by atoms with Gasteiger partial charge in [0.1, 0.15) is 28.5 Å². The SMILES string of the molecule is Cc1ccc(-c2c(C#N)c(N)nc(SC(C)C(=O)NC(C)c3ccc(Cl)cc3)c2C#N)cc1. The van der Waals surface area contributed by atoms with Crippen molar-refractivity contribution in [3.05, 3.63) is 75.8 Å². The third-order valence-corrected chi connectivity index (χ3v) is 6.48. The van der Waals surface area contributed by atoms with Crippen LogP contribution in [0.1, 0.15) is 42.1 Å². The summed E-state index contributed by atoms with van der Waals surface area (Å²) in [5.74, 6) is -0.190. The molecule has 0 aliphatic rings. The monoisotopic (exact) mass is 475 g/mol. The molecule has 8 heteroatoms. The lowest BCUT2D eigenvalue weighted by atomic mass is 9.96. The van der Waals surface area contributed by atoms with Crippen LogP contribution in [0.3, 0.4) is 0 Å². The molecule has 1 heterocycles. The summed E-state index contributed by atoms with van der Waals surface area (Å²) in [6.07, 6.45) is 0. The van der Waals surface area contributed by atoms with E-state index in [9.17, 15) is 15.3 Å². The fraction of sp³-hybridized carbons (Fsp3) is 0.200. The number of nitrogen functional groups attached to an aromatic ring is 1. The average Bonchev–Trinajstić information content (AvgIpc) is 2.79. The van der Waals surface area contributed by atoms with E-state index in [4.69, 9.17) is 17.3 Å². The van der Waals surface area contributed by atoms with Gasteiger partial charge in [0.05, 0.1) is 16.9 Å². The molecule has 2 aromatic carbocycles. The molecule has 3 rings (SSSR count). The van der Waals surface area contributed by atoms with E-state index in [0.29, 0.717) is 21.2 Å². The van der Waals surface area contributed by atoms with Crippen LogP contribution in [-0.2, 0) is 4.79 Å². The van der Waals surface area contributed by atoms with Crippen molar-refractivity contribution in [3.63, 3.8) is 0 Å². The van der Waals surface area contributed by atoms with Crippen molar-refractivity contribution < 1.29 is 4.79 Å². The number of nitrogens with two attached hydrogens (primary N) is 1. The van der Waals surface area contributed by atoms with Crippen LogP contribution < -0.4 is 11.1 Å². The number of nitrogens with zero attached hydrogens (tertiary/aromatic N) is 3. The van der Waals surface area contributed by atoms with Gasteiger partial charge in [0, 0.05) is 10.6 Å². The number of rotatable bonds is 6. The van der Waals surface area contributed by atoms with Gasteiger partial charge in [-0.15, -0.1) is 0 Å². The van der Waals surface area contributed by atoms with E-state index in [2.05, 4.69) is 22.4 Å². The molecule has 33 heavy (non-hydrogen) atoms. The van der Waals surface area contributed by atoms with E-state index in [1.54, 1.807) is 19.1 Å². The molecular formula is C25H22ClN5OS. The lowest BCUT2D eigenvalue weighted by Crippen LogP contribution is -2.33. The largest absolute Gasteiger partial charge is 0.383 e. The van der Waals surface area contributed by atoms with Crippen LogP contribution in [0.4, 0.5) is 5.82 Å². The molecule has 1 aromatic heterocycles. The highest BCUT2D eigenvalue weighted by atomic mass is 35.5. The molecule has 0 aliphatic heterocycles. The summed E-state index contributed by atoms with van der Waals surface area (Å²) >= 11 is 7.07. The molecule has 0 spiro atoms. The highest BCUT2D eigenvalue weighted by Crippen LogP contribution is 2.37. The van der Waals surface area contributed by atoms with Crippen LogP contribution in [0.15, 0.2) is 53.6 Å². The first-order valence-electron chi connectivity index (χ1n) is 10.2. The smallest absolute Gasteiger partial charge is 0.233 e. The van der Waals surface area contributed by atoms with Crippen LogP contribution in [0.25, 0.3) is 11.1 Å². The first kappa shape index (κ1) is 24.1. The lowest BCUT2D eigenvalue weighted by Gasteiger charge is -2.19. The van der Waals surface area contributed by atoms with Gasteiger partial charge in [-0.1, -0.05) is 65.3 Å². The van der Waals surface area contributed by atoms with Gasteiger partial charge >= 0.3 is 0 Å². The molecule has 0 bridgehead atoms. The van der Waals surface area contributed by atoms with Gasteiger partial charge in [-0.3, -0.25) is 4.79 Å². The van der Waals surface area contributed by atoms with Gasteiger partial charge in [0.15, 0.2) is 0 Å². The number of anilines is 1. The van der Waals surface area contributed by atoms with E-state index in [-0.39, 0.29) is 28.9 Å². The number of nitrogens with one attached hydrogen (secondary N) is 1. The zero-order chi connectivity index (χ0) is 24.1. The highest BCUT2D eigenvalue weighted by Gasteiger charge is 2.24. The second-order valence-corrected chi connectivity index (χ2v) is 9.32. The molecular weight excluding hydrogens is 454 g/mol. The van der Waals surface area contributed by atoms with Gasteiger partial charge in [-0.2, -0.15) is 10.5 Å². The molecule has 6 nitrogen and oxygen atoms in total. The quantitative estimate of drug-likeness (QED) is 0.461. The second-order valence-electron chi connectivity index (χ2n) is 7.56. The predicted octanol–water partition coefficient (Wildman–Crippen LogP) is 5.39. The Hall–Kier alpha value is -3.52. The summed E-state index contributed by atoms with van der Waals surface area (Å²) in [5.41, 5.74) is 9.54. The van der Waals surface area contributed by atoms with Crippen LogP contribution in [0, 0.1) is 29.6 Å². The van der Waals surface area contributed by atoms with Crippen molar-refractivity contribution in [2.75, 3.05) is 5.73 Å². The predicted molar refractivity (Wildman–Crippen MR) is 132 cm³/mol. The summed E-state index contributed by atoms with van der Waals surface area (Å²) in [7, 11) is 0. The minimum atomic E-state index is -0.558. The molecule has 3 N–H and O–H groups in total. The number of hydrogen-bond acceptors (Lipinski definition) is 6. The molecule has 0 aliphatic carbocycles. The standard InChI is InChI=1S/C25H22ClN5OS/c1-14-4-6-18(7-5-14)22-20(12-27)23(29)31-25(21(22)13-28)33-16(3)24(32)30-15(2)17-8-10-19(26)11-9-17/h4-11,15-16H,1-3H3,(H2,29,31)(H,30,32). The molecule has 0 saturated heterocycles. The third-order valence-electron chi connectivity index (χ3n) is 5.14. The minimum Gasteiger partial charge on any atom is -0.383 e. The zero-order valence-corrected chi connectivity index (χ0v) is 20.0. The Morgan fingerprint density at radius 2 is 1.67 bits per heavy atom. The van der Waals surface area contributed by atoms with Crippen LogP contribution in [-0.4, -0.2) is 16.1 Å². The number of amides is 1. The third kappa shape index (κ3) is 5.46. The number of thioether (sulfide) groups is 1. The van der Waals surface area contributed by atoms with Gasteiger partial charge in [0.2, 0.25) is 5.91 Å². The number of hydrogen-bond donors (Lipinski definition) is 2. The van der Waals surface area contributed by atoms with Crippen molar-refractivity contribution in [1.82, 2.24) is 10.3 Å². The highest BCUT2D eigenvalue weighted by molar-refractivity contribution is 8.00. The maximum atomic E-state index is 12.8. The Balaban J connectivity index is 1.90. The second kappa shape index (κ2) is 10.4. The Bertz CT molecular complexity index is 1260. The number of pyridine rings is 1. The molecule has 2 unspecified atom stereocenters. The number of benzene rings is 2. The fourth-order valence-corrected chi connectivity index (χ4v) is 4.33. The maximum absolute atomic E-state index is 12.8. The van der Waals surface area contributed by atoms with Gasteiger partial charge < -0.3 is 11.1 Å². The molecule has 166 valence electrons. The number of carbonyl (C=O) groups excluding carboxylic acids is 1. The number of aryl methyl sites for hydroxylation is 1. The van der Waals surface area contributed by atoms with Gasteiger partial charge in [-0.05, 0) is 44.0 Å². The Morgan fingerprint density at radius 3 is 2.24 bits per heavy atom. The van der Waals surface area contributed by atoms with Gasteiger partial charge in [-0.25, -0.2) is 4.98 Å². The number of aromatic nitrogens is 1. The van der Waals surface area contributed by atoms with Crippen molar-refractivity contribution in [2.45, 2.75) is 37.1 Å². The fourth-order valence-electron chi connectivity index (χ4n) is 3.28. The van der Waals surface area contributed by atoms with E-state index in [0.717, 1.165) is 22.9 Å². The number of nitriles is 2. The van der Waals surface area contributed by atoms with Crippen molar-refractivity contribution in [2.24, 2.45) is 0 Å². The Morgan fingerprint density at radius 1 is 1.06 bits per heavy atom. The summed E-state index contributed by atoms with van der Waals surface area (Å²) in [5, 5.41) is 22.9. The normalized spacial score (nSPS) is 12.3. The first-order chi connectivity index (χ1) is 15.7. The average molecular weight is 476 g/mol. The van der Waals surface area contributed by atoms with E-state index in [1.165, 1.54) is 0 Å². The first-order valence-corrected chi connectivity index (χ1v) is 11.4. The summed E-state index contributed by atoms with van der Waals surface area (Å²) in [6.45, 7) is 5.57.